The van der Waals surface area contributed by atoms with Gasteiger partial charge in [0.05, 0.1) is 0 Å². The molecule has 0 aliphatic heterocycles. The lowest BCUT2D eigenvalue weighted by Crippen LogP contribution is -2.12. The molecule has 0 aliphatic rings. The molecule has 1 amide bonds. The molecule has 0 aliphatic carbocycles. The molecule has 1 aromatic carbocycles. The van der Waals surface area contributed by atoms with E-state index in [4.69, 9.17) is 4.74 Å². The highest BCUT2D eigenvalue weighted by atomic mass is 32.1. The summed E-state index contributed by atoms with van der Waals surface area (Å²) < 4.78 is 31.8. The minimum atomic E-state index is -0.978. The van der Waals surface area contributed by atoms with E-state index in [9.17, 15) is 18.4 Å². The molecule has 2 rings (SSSR count). The van der Waals surface area contributed by atoms with Crippen LogP contribution >= 0.6 is 11.3 Å². The Labute approximate surface area is 128 Å². The van der Waals surface area contributed by atoms with Crippen LogP contribution in [-0.2, 0) is 9.53 Å². The average molecular weight is 326 g/mol. The summed E-state index contributed by atoms with van der Waals surface area (Å²) in [6, 6.07) is 2.91. The Morgan fingerprint density at radius 2 is 2.09 bits per heavy atom. The zero-order valence-corrected chi connectivity index (χ0v) is 12.5. The van der Waals surface area contributed by atoms with Crippen molar-refractivity contribution in [1.82, 2.24) is 4.98 Å². The molecule has 1 N–H and O–H groups in total. The number of anilines is 1. The van der Waals surface area contributed by atoms with Gasteiger partial charge in [0.25, 0.3) is 0 Å². The fraction of sp³-hybridized carbons (Fsp3) is 0.214. The Bertz CT molecular complexity index is 718. The van der Waals surface area contributed by atoms with Gasteiger partial charge < -0.3 is 10.1 Å². The van der Waals surface area contributed by atoms with Crippen LogP contribution in [0.15, 0.2) is 23.6 Å². The third-order valence-corrected chi connectivity index (χ3v) is 3.43. The quantitative estimate of drug-likeness (QED) is 0.875. The van der Waals surface area contributed by atoms with Crippen LogP contribution in [0.4, 0.5) is 13.9 Å². The molecule has 5 nitrogen and oxygen atoms in total. The molecule has 22 heavy (non-hydrogen) atoms. The zero-order chi connectivity index (χ0) is 16.3. The second-order valence-electron chi connectivity index (χ2n) is 4.43. The number of hydrogen-bond acceptors (Lipinski definition) is 5. The summed E-state index contributed by atoms with van der Waals surface area (Å²) in [6.45, 7) is 2.74. The van der Waals surface area contributed by atoms with Gasteiger partial charge in [-0.1, -0.05) is 0 Å². The molecule has 0 spiro atoms. The second kappa shape index (κ2) is 6.61. The minimum absolute atomic E-state index is 0.0163. The molecule has 8 heteroatoms. The highest BCUT2D eigenvalue weighted by Gasteiger charge is 2.19. The van der Waals surface area contributed by atoms with E-state index in [1.54, 1.807) is 0 Å². The van der Waals surface area contributed by atoms with E-state index in [2.05, 4.69) is 10.3 Å². The molecule has 0 saturated carbocycles. The third kappa shape index (κ3) is 3.85. The molecule has 1 heterocycles. The van der Waals surface area contributed by atoms with Crippen LogP contribution in [0.3, 0.4) is 0 Å². The Hall–Kier alpha value is -2.35. The number of hydrogen-bond donors (Lipinski definition) is 1. The number of amides is 1. The SMILES string of the molecule is CC(=O)Nc1nc(C(=O)O[C@H](C)c2cc(F)ccc2F)cs1. The molecule has 1 atom stereocenters. The molecule has 0 unspecified atom stereocenters. The lowest BCUT2D eigenvalue weighted by Gasteiger charge is -2.13. The molecule has 1 aromatic heterocycles. The van der Waals surface area contributed by atoms with Crippen LogP contribution in [0.25, 0.3) is 0 Å². The first-order valence-electron chi connectivity index (χ1n) is 6.26. The highest BCUT2D eigenvalue weighted by Crippen LogP contribution is 2.23. The van der Waals surface area contributed by atoms with Gasteiger partial charge in [0.2, 0.25) is 5.91 Å². The van der Waals surface area contributed by atoms with Crippen LogP contribution in [0, 0.1) is 11.6 Å². The van der Waals surface area contributed by atoms with Gasteiger partial charge in [-0.05, 0) is 25.1 Å². The maximum atomic E-state index is 13.6. The van der Waals surface area contributed by atoms with Crippen molar-refractivity contribution in [3.63, 3.8) is 0 Å². The fourth-order valence-corrected chi connectivity index (χ4v) is 2.41. The van der Waals surface area contributed by atoms with Gasteiger partial charge in [0.1, 0.15) is 17.7 Å². The van der Waals surface area contributed by atoms with Crippen LogP contribution in [-0.4, -0.2) is 16.9 Å². The minimum Gasteiger partial charge on any atom is -0.453 e. The number of nitrogens with one attached hydrogen (secondary N) is 1. The van der Waals surface area contributed by atoms with Crippen molar-refractivity contribution >= 4 is 28.3 Å². The largest absolute Gasteiger partial charge is 0.453 e. The predicted octanol–water partition coefficient (Wildman–Crippen LogP) is 3.30. The van der Waals surface area contributed by atoms with Crippen LogP contribution in [0.2, 0.25) is 0 Å². The predicted molar refractivity (Wildman–Crippen MR) is 76.6 cm³/mol. The van der Waals surface area contributed by atoms with E-state index in [1.165, 1.54) is 19.2 Å². The summed E-state index contributed by atoms with van der Waals surface area (Å²) >= 11 is 1.06. The smallest absolute Gasteiger partial charge is 0.358 e. The van der Waals surface area contributed by atoms with Crippen LogP contribution in [0.5, 0.6) is 0 Å². The molecule has 0 bridgehead atoms. The number of benzene rings is 1. The van der Waals surface area contributed by atoms with Gasteiger partial charge in [-0.3, -0.25) is 4.79 Å². The Kier molecular flexibility index (Phi) is 4.81. The van der Waals surface area contributed by atoms with E-state index in [-0.39, 0.29) is 22.3 Å². The van der Waals surface area contributed by atoms with E-state index in [1.807, 2.05) is 0 Å². The maximum Gasteiger partial charge on any atom is 0.358 e. The van der Waals surface area contributed by atoms with Crippen LogP contribution < -0.4 is 5.32 Å². The first-order valence-corrected chi connectivity index (χ1v) is 7.14. The lowest BCUT2D eigenvalue weighted by atomic mass is 10.1. The van der Waals surface area contributed by atoms with E-state index in [0.717, 1.165) is 29.5 Å². The number of aromatic nitrogens is 1. The molecule has 2 aromatic rings. The van der Waals surface area contributed by atoms with Crippen molar-refractivity contribution < 1.29 is 23.1 Å². The number of nitrogens with zero attached hydrogens (tertiary/aromatic N) is 1. The van der Waals surface area contributed by atoms with Gasteiger partial charge in [-0.25, -0.2) is 18.6 Å². The normalized spacial score (nSPS) is 11.8. The van der Waals surface area contributed by atoms with E-state index < -0.39 is 23.7 Å². The van der Waals surface area contributed by atoms with Crippen LogP contribution in [0.1, 0.15) is 36.0 Å². The maximum absolute atomic E-state index is 13.6. The molecule has 116 valence electrons. The number of rotatable bonds is 4. The van der Waals surface area contributed by atoms with Crippen molar-refractivity contribution in [3.05, 3.63) is 46.5 Å². The summed E-state index contributed by atoms with van der Waals surface area (Å²) in [7, 11) is 0. The molecule has 0 saturated heterocycles. The first kappa shape index (κ1) is 16.0. The van der Waals surface area contributed by atoms with Gasteiger partial charge >= 0.3 is 5.97 Å². The molecular weight excluding hydrogens is 314 g/mol. The van der Waals surface area contributed by atoms with Crippen molar-refractivity contribution in [2.24, 2.45) is 0 Å². The lowest BCUT2D eigenvalue weighted by molar-refractivity contribution is -0.114. The topological polar surface area (TPSA) is 68.3 Å². The van der Waals surface area contributed by atoms with Crippen molar-refractivity contribution in [3.8, 4) is 0 Å². The number of carbonyl (C=O) groups excluding carboxylic acids is 2. The van der Waals surface area contributed by atoms with Gasteiger partial charge in [-0.15, -0.1) is 11.3 Å². The zero-order valence-electron chi connectivity index (χ0n) is 11.7. The third-order valence-electron chi connectivity index (χ3n) is 2.68. The summed E-state index contributed by atoms with van der Waals surface area (Å²) in [5.74, 6) is -2.40. The summed E-state index contributed by atoms with van der Waals surface area (Å²) in [4.78, 5) is 26.7. The van der Waals surface area contributed by atoms with Crippen molar-refractivity contribution in [1.29, 1.82) is 0 Å². The molecular formula is C14H12F2N2O3S. The number of thiazole rings is 1. The number of halogens is 2. The Morgan fingerprint density at radius 1 is 1.36 bits per heavy atom. The Morgan fingerprint density at radius 3 is 2.77 bits per heavy atom. The van der Waals surface area contributed by atoms with Gasteiger partial charge in [0, 0.05) is 17.9 Å². The number of ether oxygens (including phenoxy) is 1. The number of carbonyl (C=O) groups is 2. The number of esters is 1. The Balaban J connectivity index is 2.09. The molecule has 0 fully saturated rings. The molecule has 0 radical (unpaired) electrons. The summed E-state index contributed by atoms with van der Waals surface area (Å²) in [5.41, 5.74) is -0.0805. The van der Waals surface area contributed by atoms with Crippen molar-refractivity contribution in [2.75, 3.05) is 5.32 Å². The van der Waals surface area contributed by atoms with Crippen molar-refractivity contribution in [2.45, 2.75) is 20.0 Å². The van der Waals surface area contributed by atoms with E-state index >= 15 is 0 Å². The standard InChI is InChI=1S/C14H12F2N2O3S/c1-7(10-5-9(15)3-4-11(10)16)21-13(20)12-6-22-14(18-12)17-8(2)19/h3-7H,1-2H3,(H,17,18,19)/t7-/m1/s1. The van der Waals surface area contributed by atoms with E-state index in [0.29, 0.717) is 0 Å². The van der Waals surface area contributed by atoms with Gasteiger partial charge in [0.15, 0.2) is 10.8 Å². The monoisotopic (exact) mass is 326 g/mol. The fourth-order valence-electron chi connectivity index (χ4n) is 1.69. The summed E-state index contributed by atoms with van der Waals surface area (Å²) in [5, 5.41) is 4.09. The first-order chi connectivity index (χ1) is 10.4. The highest BCUT2D eigenvalue weighted by molar-refractivity contribution is 7.14. The average Bonchev–Trinajstić information content (AvgIpc) is 2.89. The van der Waals surface area contributed by atoms with Gasteiger partial charge in [-0.2, -0.15) is 0 Å². The second-order valence-corrected chi connectivity index (χ2v) is 5.29. The summed E-state index contributed by atoms with van der Waals surface area (Å²) in [6.07, 6.45) is -0.978.